The van der Waals surface area contributed by atoms with E-state index in [1.165, 1.54) is 13.0 Å². The van der Waals surface area contributed by atoms with E-state index >= 15 is 0 Å². The van der Waals surface area contributed by atoms with Crippen LogP contribution < -0.4 is 10.1 Å². The van der Waals surface area contributed by atoms with Crippen molar-refractivity contribution in [3.05, 3.63) is 23.8 Å². The first-order chi connectivity index (χ1) is 9.78. The number of nitriles is 1. The second-order valence-electron chi connectivity index (χ2n) is 5.20. The molecule has 0 amide bonds. The molecule has 2 rings (SSSR count). The van der Waals surface area contributed by atoms with Gasteiger partial charge in [0.15, 0.2) is 0 Å². The molecule has 1 atom stereocenters. The number of likely N-dealkylation sites (tertiary alicyclic amines) is 1. The molecule has 0 bridgehead atoms. The highest BCUT2D eigenvalue weighted by atomic mass is 16.5. The standard InChI is InChI=1S/C16H23N3O/c1-3-19-10-5-7-14(9-11-19)18-16-13(12-17)6-4-8-15(16)20-2/h4,6,8,14,18H,3,5,7,9-11H2,1-2H3. The molecule has 1 heterocycles. The first-order valence-electron chi connectivity index (χ1n) is 7.34. The van der Waals surface area contributed by atoms with E-state index in [0.717, 1.165) is 37.4 Å². The maximum Gasteiger partial charge on any atom is 0.143 e. The predicted octanol–water partition coefficient (Wildman–Crippen LogP) is 2.85. The monoisotopic (exact) mass is 273 g/mol. The van der Waals surface area contributed by atoms with Crippen LogP contribution in [0.5, 0.6) is 5.75 Å². The van der Waals surface area contributed by atoms with Gasteiger partial charge in [-0.15, -0.1) is 0 Å². The Morgan fingerprint density at radius 1 is 1.40 bits per heavy atom. The van der Waals surface area contributed by atoms with Crippen molar-refractivity contribution in [3.8, 4) is 11.8 Å². The van der Waals surface area contributed by atoms with Crippen LogP contribution in [0.4, 0.5) is 5.69 Å². The van der Waals surface area contributed by atoms with Gasteiger partial charge in [0.2, 0.25) is 0 Å². The molecule has 1 aliphatic heterocycles. The molecular weight excluding hydrogens is 250 g/mol. The third kappa shape index (κ3) is 3.43. The Kier molecular flexibility index (Phi) is 5.25. The van der Waals surface area contributed by atoms with E-state index in [1.54, 1.807) is 7.11 Å². The molecule has 0 saturated carbocycles. The van der Waals surface area contributed by atoms with Crippen LogP contribution in [0.15, 0.2) is 18.2 Å². The van der Waals surface area contributed by atoms with Gasteiger partial charge >= 0.3 is 0 Å². The van der Waals surface area contributed by atoms with Crippen LogP contribution in [0.1, 0.15) is 31.7 Å². The number of benzene rings is 1. The molecule has 1 unspecified atom stereocenters. The van der Waals surface area contributed by atoms with Crippen LogP contribution in [0, 0.1) is 11.3 Å². The minimum atomic E-state index is 0.412. The van der Waals surface area contributed by atoms with E-state index in [9.17, 15) is 5.26 Å². The van der Waals surface area contributed by atoms with Crippen molar-refractivity contribution in [2.24, 2.45) is 0 Å². The van der Waals surface area contributed by atoms with Crippen LogP contribution >= 0.6 is 0 Å². The van der Waals surface area contributed by atoms with E-state index in [2.05, 4.69) is 23.2 Å². The fourth-order valence-corrected chi connectivity index (χ4v) is 2.76. The second-order valence-corrected chi connectivity index (χ2v) is 5.20. The number of nitrogens with one attached hydrogen (secondary N) is 1. The minimum Gasteiger partial charge on any atom is -0.495 e. The maximum atomic E-state index is 9.25. The van der Waals surface area contributed by atoms with Crippen molar-refractivity contribution >= 4 is 5.69 Å². The average molecular weight is 273 g/mol. The lowest BCUT2D eigenvalue weighted by atomic mass is 10.1. The maximum absolute atomic E-state index is 9.25. The lowest BCUT2D eigenvalue weighted by Gasteiger charge is -2.21. The van der Waals surface area contributed by atoms with Gasteiger partial charge < -0.3 is 15.0 Å². The molecule has 4 heteroatoms. The van der Waals surface area contributed by atoms with Gasteiger partial charge in [0.05, 0.1) is 18.4 Å². The smallest absolute Gasteiger partial charge is 0.143 e. The number of rotatable bonds is 4. The molecule has 1 saturated heterocycles. The summed E-state index contributed by atoms with van der Waals surface area (Å²) in [6, 6.07) is 8.24. The van der Waals surface area contributed by atoms with E-state index in [-0.39, 0.29) is 0 Å². The summed E-state index contributed by atoms with van der Waals surface area (Å²) >= 11 is 0. The average Bonchev–Trinajstić information content (AvgIpc) is 2.72. The number of hydrogen-bond donors (Lipinski definition) is 1. The third-order valence-electron chi connectivity index (χ3n) is 3.98. The van der Waals surface area contributed by atoms with Crippen LogP contribution in [0.25, 0.3) is 0 Å². The SMILES string of the molecule is CCN1CCCC(Nc2c(C#N)cccc2OC)CC1. The highest BCUT2D eigenvalue weighted by Crippen LogP contribution is 2.30. The van der Waals surface area contributed by atoms with E-state index in [4.69, 9.17) is 4.74 Å². The van der Waals surface area contributed by atoms with Gasteiger partial charge in [0.25, 0.3) is 0 Å². The number of para-hydroxylation sites is 1. The molecule has 0 aromatic heterocycles. The molecule has 4 nitrogen and oxygen atoms in total. The third-order valence-corrected chi connectivity index (χ3v) is 3.98. The summed E-state index contributed by atoms with van der Waals surface area (Å²) in [5.41, 5.74) is 1.49. The Balaban J connectivity index is 2.11. The van der Waals surface area contributed by atoms with Crippen LogP contribution in [0.2, 0.25) is 0 Å². The van der Waals surface area contributed by atoms with Gasteiger partial charge in [0, 0.05) is 12.6 Å². The molecular formula is C16H23N3O. The van der Waals surface area contributed by atoms with Crippen molar-refractivity contribution in [3.63, 3.8) is 0 Å². The van der Waals surface area contributed by atoms with Crippen molar-refractivity contribution in [2.45, 2.75) is 32.2 Å². The first-order valence-corrected chi connectivity index (χ1v) is 7.34. The summed E-state index contributed by atoms with van der Waals surface area (Å²) in [5, 5.41) is 12.8. The lowest BCUT2D eigenvalue weighted by Crippen LogP contribution is -2.26. The lowest BCUT2D eigenvalue weighted by molar-refractivity contribution is 0.300. The molecule has 0 aliphatic carbocycles. The number of ether oxygens (including phenoxy) is 1. The van der Waals surface area contributed by atoms with Crippen molar-refractivity contribution in [1.82, 2.24) is 4.90 Å². The van der Waals surface area contributed by atoms with Crippen molar-refractivity contribution in [1.29, 1.82) is 5.26 Å². The largest absolute Gasteiger partial charge is 0.495 e. The van der Waals surface area contributed by atoms with Gasteiger partial charge in [-0.25, -0.2) is 0 Å². The van der Waals surface area contributed by atoms with Gasteiger partial charge in [-0.3, -0.25) is 0 Å². The van der Waals surface area contributed by atoms with E-state index in [0.29, 0.717) is 11.6 Å². The molecule has 108 valence electrons. The van der Waals surface area contributed by atoms with Gasteiger partial charge in [-0.2, -0.15) is 5.26 Å². The molecule has 1 aliphatic rings. The zero-order valence-electron chi connectivity index (χ0n) is 12.4. The van der Waals surface area contributed by atoms with Crippen LogP contribution in [-0.2, 0) is 0 Å². The van der Waals surface area contributed by atoms with Gasteiger partial charge in [-0.1, -0.05) is 13.0 Å². The second kappa shape index (κ2) is 7.16. The topological polar surface area (TPSA) is 48.3 Å². The first kappa shape index (κ1) is 14.7. The number of hydrogen-bond acceptors (Lipinski definition) is 4. The highest BCUT2D eigenvalue weighted by molar-refractivity contribution is 5.66. The summed E-state index contributed by atoms with van der Waals surface area (Å²) in [5.74, 6) is 0.751. The molecule has 20 heavy (non-hydrogen) atoms. The van der Waals surface area contributed by atoms with Gasteiger partial charge in [0.1, 0.15) is 11.8 Å². The number of nitrogens with zero attached hydrogens (tertiary/aromatic N) is 2. The minimum absolute atomic E-state index is 0.412. The predicted molar refractivity (Wildman–Crippen MR) is 81.1 cm³/mol. The molecule has 1 aromatic carbocycles. The molecule has 0 radical (unpaired) electrons. The fraction of sp³-hybridized carbons (Fsp3) is 0.562. The Labute approximate surface area is 121 Å². The quantitative estimate of drug-likeness (QED) is 0.916. The Hall–Kier alpha value is -1.73. The van der Waals surface area contributed by atoms with E-state index in [1.807, 2.05) is 18.2 Å². The zero-order valence-corrected chi connectivity index (χ0v) is 12.4. The summed E-state index contributed by atoms with van der Waals surface area (Å²) in [4.78, 5) is 2.48. The molecule has 1 N–H and O–H groups in total. The summed E-state index contributed by atoms with van der Waals surface area (Å²) < 4.78 is 5.38. The summed E-state index contributed by atoms with van der Waals surface area (Å²) in [7, 11) is 1.65. The molecule has 1 aromatic rings. The molecule has 0 spiro atoms. The van der Waals surface area contributed by atoms with Crippen molar-refractivity contribution < 1.29 is 4.74 Å². The Bertz CT molecular complexity index is 481. The highest BCUT2D eigenvalue weighted by Gasteiger charge is 2.18. The van der Waals surface area contributed by atoms with Crippen molar-refractivity contribution in [2.75, 3.05) is 32.1 Å². The number of anilines is 1. The van der Waals surface area contributed by atoms with Gasteiger partial charge in [-0.05, 0) is 44.5 Å². The Morgan fingerprint density at radius 3 is 2.95 bits per heavy atom. The zero-order chi connectivity index (χ0) is 14.4. The fourth-order valence-electron chi connectivity index (χ4n) is 2.76. The van der Waals surface area contributed by atoms with Crippen LogP contribution in [-0.4, -0.2) is 37.7 Å². The number of methoxy groups -OCH3 is 1. The normalized spacial score (nSPS) is 19.9. The van der Waals surface area contributed by atoms with E-state index < -0.39 is 0 Å². The Morgan fingerprint density at radius 2 is 2.25 bits per heavy atom. The summed E-state index contributed by atoms with van der Waals surface area (Å²) in [6.45, 7) is 5.61. The molecule has 1 fully saturated rings. The summed E-state index contributed by atoms with van der Waals surface area (Å²) in [6.07, 6.45) is 3.44. The van der Waals surface area contributed by atoms with Crippen LogP contribution in [0.3, 0.4) is 0 Å².